The van der Waals surface area contributed by atoms with Gasteiger partial charge in [-0.2, -0.15) is 9.57 Å². The minimum Gasteiger partial charge on any atom is -0.486 e. The standard InChI is InChI=1S/C18H16F4N4O5S/c19-14-5-12(2-1-11(14)6-23)30-15-8-26(10-17(15,27)9-24)32(28,29)13-3-4-16(25-7-13)31-18(20,21)22/h1-5,7,15,27H,8-10,24H2/t15?,17-/m0/s1. The minimum absolute atomic E-state index is 0.0621. The second-order valence-corrected chi connectivity index (χ2v) is 8.78. The minimum atomic E-state index is -4.99. The van der Waals surface area contributed by atoms with Gasteiger partial charge in [0.05, 0.1) is 18.3 Å². The molecule has 0 radical (unpaired) electrons. The number of nitrogens with two attached hydrogens (primary N) is 1. The first kappa shape index (κ1) is 23.7. The van der Waals surface area contributed by atoms with Gasteiger partial charge >= 0.3 is 6.36 Å². The van der Waals surface area contributed by atoms with Gasteiger partial charge in [0.15, 0.2) is 0 Å². The van der Waals surface area contributed by atoms with Gasteiger partial charge in [-0.3, -0.25) is 0 Å². The summed E-state index contributed by atoms with van der Waals surface area (Å²) in [6.07, 6.45) is -5.51. The molecular formula is C18H16F4N4O5S. The van der Waals surface area contributed by atoms with Crippen LogP contribution in [0.3, 0.4) is 0 Å². The van der Waals surface area contributed by atoms with Gasteiger partial charge in [0.1, 0.15) is 34.2 Å². The Bertz CT molecular complexity index is 1140. The molecule has 9 nitrogen and oxygen atoms in total. The number of aromatic nitrogens is 1. The first-order valence-electron chi connectivity index (χ1n) is 8.89. The number of ether oxygens (including phenoxy) is 2. The molecule has 3 N–H and O–H groups in total. The molecule has 172 valence electrons. The van der Waals surface area contributed by atoms with Crippen LogP contribution >= 0.6 is 0 Å². The largest absolute Gasteiger partial charge is 0.574 e. The first-order chi connectivity index (χ1) is 14.9. The van der Waals surface area contributed by atoms with E-state index in [1.165, 1.54) is 6.07 Å². The average molecular weight is 476 g/mol. The summed E-state index contributed by atoms with van der Waals surface area (Å²) < 4.78 is 86.4. The van der Waals surface area contributed by atoms with Crippen LogP contribution in [-0.4, -0.2) is 60.5 Å². The second kappa shape index (κ2) is 8.51. The molecule has 0 saturated carbocycles. The molecule has 0 aliphatic carbocycles. The number of hydrogen-bond acceptors (Lipinski definition) is 8. The number of sulfonamides is 1. The molecule has 1 saturated heterocycles. The van der Waals surface area contributed by atoms with Crippen LogP contribution in [-0.2, 0) is 10.0 Å². The Morgan fingerprint density at radius 3 is 2.59 bits per heavy atom. The zero-order valence-corrected chi connectivity index (χ0v) is 16.9. The first-order valence-corrected chi connectivity index (χ1v) is 10.3. The highest BCUT2D eigenvalue weighted by Crippen LogP contribution is 2.31. The van der Waals surface area contributed by atoms with Crippen LogP contribution in [0.4, 0.5) is 17.6 Å². The summed E-state index contributed by atoms with van der Waals surface area (Å²) in [5.74, 6) is -1.77. The van der Waals surface area contributed by atoms with Crippen molar-refractivity contribution in [3.05, 3.63) is 47.9 Å². The molecule has 32 heavy (non-hydrogen) atoms. The highest BCUT2D eigenvalue weighted by Gasteiger charge is 2.50. The van der Waals surface area contributed by atoms with E-state index in [9.17, 15) is 31.1 Å². The van der Waals surface area contributed by atoms with Gasteiger partial charge < -0.3 is 20.3 Å². The van der Waals surface area contributed by atoms with E-state index in [1.807, 2.05) is 0 Å². The zero-order valence-electron chi connectivity index (χ0n) is 16.1. The number of nitrogens with zero attached hydrogens (tertiary/aromatic N) is 3. The van der Waals surface area contributed by atoms with Crippen molar-refractivity contribution in [1.82, 2.24) is 9.29 Å². The van der Waals surface area contributed by atoms with E-state index in [0.29, 0.717) is 6.20 Å². The van der Waals surface area contributed by atoms with Gasteiger partial charge in [-0.15, -0.1) is 13.2 Å². The lowest BCUT2D eigenvalue weighted by Gasteiger charge is -2.27. The number of nitriles is 1. The Labute approximate surface area is 179 Å². The molecule has 1 aromatic heterocycles. The number of rotatable bonds is 6. The molecule has 1 fully saturated rings. The topological polar surface area (TPSA) is 139 Å². The molecular weight excluding hydrogens is 460 g/mol. The molecule has 0 amide bonds. The predicted octanol–water partition coefficient (Wildman–Crippen LogP) is 1.13. The summed E-state index contributed by atoms with van der Waals surface area (Å²) in [7, 11) is -4.30. The maximum atomic E-state index is 13.8. The lowest BCUT2D eigenvalue weighted by Crippen LogP contribution is -2.50. The van der Waals surface area contributed by atoms with E-state index in [1.54, 1.807) is 6.07 Å². The lowest BCUT2D eigenvalue weighted by molar-refractivity contribution is -0.276. The van der Waals surface area contributed by atoms with Crippen molar-refractivity contribution in [3.8, 4) is 17.7 Å². The van der Waals surface area contributed by atoms with Crippen molar-refractivity contribution < 1.29 is 40.6 Å². The second-order valence-electron chi connectivity index (χ2n) is 6.85. The predicted molar refractivity (Wildman–Crippen MR) is 99.2 cm³/mol. The number of halogens is 4. The third-order valence-corrected chi connectivity index (χ3v) is 6.47. The van der Waals surface area contributed by atoms with Gasteiger partial charge in [0.2, 0.25) is 15.9 Å². The van der Waals surface area contributed by atoms with Gasteiger partial charge in [0.25, 0.3) is 0 Å². The highest BCUT2D eigenvalue weighted by molar-refractivity contribution is 7.89. The van der Waals surface area contributed by atoms with Gasteiger partial charge in [-0.25, -0.2) is 17.8 Å². The summed E-state index contributed by atoms with van der Waals surface area (Å²) in [6.45, 7) is -1.28. The van der Waals surface area contributed by atoms with Crippen LogP contribution in [0.1, 0.15) is 5.56 Å². The number of hydrogen-bond donors (Lipinski definition) is 2. The molecule has 2 atom stereocenters. The van der Waals surface area contributed by atoms with Crippen molar-refractivity contribution in [2.24, 2.45) is 5.73 Å². The average Bonchev–Trinajstić information content (AvgIpc) is 3.05. The van der Waals surface area contributed by atoms with Crippen LogP contribution in [0.15, 0.2) is 41.4 Å². The summed E-state index contributed by atoms with van der Waals surface area (Å²) >= 11 is 0. The molecule has 3 rings (SSSR count). The van der Waals surface area contributed by atoms with E-state index in [-0.39, 0.29) is 11.3 Å². The molecule has 0 spiro atoms. The van der Waals surface area contributed by atoms with E-state index >= 15 is 0 Å². The van der Waals surface area contributed by atoms with E-state index in [4.69, 9.17) is 15.7 Å². The quantitative estimate of drug-likeness (QED) is 0.592. The van der Waals surface area contributed by atoms with Gasteiger partial charge in [-0.1, -0.05) is 0 Å². The van der Waals surface area contributed by atoms with E-state index < -0.39 is 64.3 Å². The fourth-order valence-corrected chi connectivity index (χ4v) is 4.47. The molecule has 14 heteroatoms. The summed E-state index contributed by atoms with van der Waals surface area (Å²) in [5.41, 5.74) is 3.53. The van der Waals surface area contributed by atoms with Crippen LogP contribution in [0.2, 0.25) is 0 Å². The van der Waals surface area contributed by atoms with Crippen LogP contribution < -0.4 is 15.2 Å². The molecule has 1 aliphatic heterocycles. The van der Waals surface area contributed by atoms with Crippen molar-refractivity contribution in [2.45, 2.75) is 23.0 Å². The third kappa shape index (κ3) is 4.91. The molecule has 1 aromatic carbocycles. The van der Waals surface area contributed by atoms with Crippen LogP contribution in [0, 0.1) is 17.1 Å². The normalized spacial score (nSPS) is 21.8. The zero-order chi connectivity index (χ0) is 23.7. The van der Waals surface area contributed by atoms with E-state index in [2.05, 4.69) is 9.72 Å². The Balaban J connectivity index is 1.81. The Hall–Kier alpha value is -2.99. The van der Waals surface area contributed by atoms with Gasteiger partial charge in [0, 0.05) is 25.2 Å². The molecule has 2 heterocycles. The molecule has 0 bridgehead atoms. The number of aliphatic hydroxyl groups is 1. The van der Waals surface area contributed by atoms with Gasteiger partial charge in [-0.05, 0) is 18.2 Å². The van der Waals surface area contributed by atoms with Crippen molar-refractivity contribution in [3.63, 3.8) is 0 Å². The SMILES string of the molecule is N#Cc1ccc(OC2CN(S(=O)(=O)c3ccc(OC(F)(F)F)nc3)C[C@@]2(O)CN)cc1F. The van der Waals surface area contributed by atoms with Crippen LogP contribution in [0.25, 0.3) is 0 Å². The Morgan fingerprint density at radius 2 is 2.06 bits per heavy atom. The fraction of sp³-hybridized carbons (Fsp3) is 0.333. The Kier molecular flexibility index (Phi) is 6.29. The molecule has 1 aliphatic rings. The lowest BCUT2D eigenvalue weighted by atomic mass is 10.0. The van der Waals surface area contributed by atoms with Crippen LogP contribution in [0.5, 0.6) is 11.6 Å². The van der Waals surface area contributed by atoms with Crippen molar-refractivity contribution in [2.75, 3.05) is 19.6 Å². The highest BCUT2D eigenvalue weighted by atomic mass is 32.2. The maximum Gasteiger partial charge on any atom is 0.574 e. The van der Waals surface area contributed by atoms with Crippen molar-refractivity contribution in [1.29, 1.82) is 5.26 Å². The maximum absolute atomic E-state index is 13.8. The Morgan fingerprint density at radius 1 is 1.34 bits per heavy atom. The van der Waals surface area contributed by atoms with Crippen molar-refractivity contribution >= 4 is 10.0 Å². The molecule has 1 unspecified atom stereocenters. The number of β-amino-alcohol motifs (C(OH)–C–C–N with tert-alkyl or cyclic N) is 1. The number of alkyl halides is 3. The molecule has 2 aromatic rings. The summed E-state index contributed by atoms with van der Waals surface area (Å²) in [5, 5.41) is 19.6. The fourth-order valence-electron chi connectivity index (χ4n) is 3.02. The van der Waals surface area contributed by atoms with E-state index in [0.717, 1.165) is 28.6 Å². The summed E-state index contributed by atoms with van der Waals surface area (Å²) in [6, 6.07) is 6.59. The summed E-state index contributed by atoms with van der Waals surface area (Å²) in [4.78, 5) is 2.89. The number of benzene rings is 1. The third-order valence-electron chi connectivity index (χ3n) is 4.68. The smallest absolute Gasteiger partial charge is 0.486 e. The monoisotopic (exact) mass is 476 g/mol. The number of pyridine rings is 1.